The minimum absolute atomic E-state index is 0.370. The van der Waals surface area contributed by atoms with Crippen LogP contribution in [0.2, 0.25) is 0 Å². The van der Waals surface area contributed by atoms with Crippen LogP contribution in [-0.2, 0) is 0 Å². The molecule has 1 atom stereocenters. The molecule has 0 saturated carbocycles. The second-order valence-corrected chi connectivity index (χ2v) is 5.20. The zero-order valence-corrected chi connectivity index (χ0v) is 10.4. The number of aromatic carboxylic acids is 1. The van der Waals surface area contributed by atoms with Crippen LogP contribution in [0.1, 0.15) is 35.1 Å². The Balaban J connectivity index is 2.16. The molecule has 0 radical (unpaired) electrons. The first-order chi connectivity index (χ1) is 7.61. The number of nitrogens with zero attached hydrogens (tertiary/aromatic N) is 2. The minimum atomic E-state index is -0.868. The Bertz CT molecular complexity index is 403. The van der Waals surface area contributed by atoms with Crippen LogP contribution < -0.4 is 4.90 Å². The van der Waals surface area contributed by atoms with Crippen molar-refractivity contribution < 1.29 is 9.90 Å². The SMILES string of the molecule is CCC1CCN(c2nc(C)c(C(=O)O)s2)C1. The van der Waals surface area contributed by atoms with Crippen molar-refractivity contribution in [3.8, 4) is 0 Å². The molecule has 1 fully saturated rings. The lowest BCUT2D eigenvalue weighted by Crippen LogP contribution is -2.19. The number of anilines is 1. The average molecular weight is 240 g/mol. The van der Waals surface area contributed by atoms with E-state index in [1.165, 1.54) is 24.2 Å². The van der Waals surface area contributed by atoms with E-state index in [4.69, 9.17) is 5.11 Å². The van der Waals surface area contributed by atoms with Crippen molar-refractivity contribution >= 4 is 22.4 Å². The third kappa shape index (κ3) is 2.04. The van der Waals surface area contributed by atoms with Crippen LogP contribution >= 0.6 is 11.3 Å². The van der Waals surface area contributed by atoms with Gasteiger partial charge in [-0.05, 0) is 19.3 Å². The molecule has 1 unspecified atom stereocenters. The van der Waals surface area contributed by atoms with E-state index < -0.39 is 5.97 Å². The number of carboxylic acids is 1. The second-order valence-electron chi connectivity index (χ2n) is 4.23. The largest absolute Gasteiger partial charge is 0.477 e. The Kier molecular flexibility index (Phi) is 3.14. The molecule has 1 N–H and O–H groups in total. The molecule has 1 aromatic rings. The molecular weight excluding hydrogens is 224 g/mol. The van der Waals surface area contributed by atoms with E-state index in [-0.39, 0.29) is 0 Å². The van der Waals surface area contributed by atoms with E-state index in [1.54, 1.807) is 6.92 Å². The summed E-state index contributed by atoms with van der Waals surface area (Å²) in [5, 5.41) is 9.84. The molecule has 16 heavy (non-hydrogen) atoms. The minimum Gasteiger partial charge on any atom is -0.477 e. The van der Waals surface area contributed by atoms with Gasteiger partial charge in [0, 0.05) is 13.1 Å². The molecule has 5 heteroatoms. The van der Waals surface area contributed by atoms with Gasteiger partial charge in [0.2, 0.25) is 0 Å². The van der Waals surface area contributed by atoms with Crippen LogP contribution in [0.25, 0.3) is 0 Å². The van der Waals surface area contributed by atoms with Gasteiger partial charge in [0.05, 0.1) is 5.69 Å². The summed E-state index contributed by atoms with van der Waals surface area (Å²) in [4.78, 5) is 17.8. The first-order valence-electron chi connectivity index (χ1n) is 5.57. The zero-order chi connectivity index (χ0) is 11.7. The van der Waals surface area contributed by atoms with Gasteiger partial charge in [0.1, 0.15) is 4.88 Å². The summed E-state index contributed by atoms with van der Waals surface area (Å²) in [6.45, 7) is 5.98. The maximum Gasteiger partial charge on any atom is 0.347 e. The average Bonchev–Trinajstić information content (AvgIpc) is 2.83. The van der Waals surface area contributed by atoms with Crippen LogP contribution in [0.4, 0.5) is 5.13 Å². The van der Waals surface area contributed by atoms with E-state index in [0.29, 0.717) is 10.6 Å². The van der Waals surface area contributed by atoms with E-state index in [1.807, 2.05) is 0 Å². The highest BCUT2D eigenvalue weighted by molar-refractivity contribution is 7.17. The standard InChI is InChI=1S/C11H16N2O2S/c1-3-8-4-5-13(6-8)11-12-7(2)9(16-11)10(14)15/h8H,3-6H2,1-2H3,(H,14,15). The predicted octanol–water partition coefficient (Wildman–Crippen LogP) is 2.39. The van der Waals surface area contributed by atoms with E-state index in [2.05, 4.69) is 16.8 Å². The Morgan fingerprint density at radius 3 is 2.94 bits per heavy atom. The number of aryl methyl sites for hydroxylation is 1. The van der Waals surface area contributed by atoms with E-state index in [0.717, 1.165) is 24.1 Å². The fourth-order valence-electron chi connectivity index (χ4n) is 2.06. The third-order valence-corrected chi connectivity index (χ3v) is 4.32. The number of hydrogen-bond acceptors (Lipinski definition) is 4. The van der Waals surface area contributed by atoms with Gasteiger partial charge in [-0.15, -0.1) is 0 Å². The van der Waals surface area contributed by atoms with Crippen LogP contribution in [0.5, 0.6) is 0 Å². The highest BCUT2D eigenvalue weighted by Crippen LogP contribution is 2.30. The quantitative estimate of drug-likeness (QED) is 0.881. The lowest BCUT2D eigenvalue weighted by atomic mass is 10.1. The molecular formula is C11H16N2O2S. The molecule has 2 rings (SSSR count). The molecule has 1 saturated heterocycles. The lowest BCUT2D eigenvalue weighted by molar-refractivity contribution is 0.0701. The Morgan fingerprint density at radius 1 is 1.69 bits per heavy atom. The number of hydrogen-bond donors (Lipinski definition) is 1. The van der Waals surface area contributed by atoms with Crippen molar-refractivity contribution in [1.29, 1.82) is 0 Å². The fourth-order valence-corrected chi connectivity index (χ4v) is 3.00. The highest BCUT2D eigenvalue weighted by atomic mass is 32.1. The van der Waals surface area contributed by atoms with Crippen LogP contribution in [-0.4, -0.2) is 29.1 Å². The fraction of sp³-hybridized carbons (Fsp3) is 0.636. The summed E-state index contributed by atoms with van der Waals surface area (Å²) in [7, 11) is 0. The Labute approximate surface area is 98.9 Å². The van der Waals surface area contributed by atoms with Gasteiger partial charge >= 0.3 is 5.97 Å². The molecule has 0 spiro atoms. The molecule has 0 aromatic carbocycles. The maximum atomic E-state index is 10.9. The Morgan fingerprint density at radius 2 is 2.44 bits per heavy atom. The molecule has 0 amide bonds. The normalized spacial score (nSPS) is 20.4. The van der Waals surface area contributed by atoms with Crippen molar-refractivity contribution in [1.82, 2.24) is 4.98 Å². The van der Waals surface area contributed by atoms with Crippen LogP contribution in [0.3, 0.4) is 0 Å². The predicted molar refractivity (Wildman–Crippen MR) is 64.4 cm³/mol. The van der Waals surface area contributed by atoms with Gasteiger partial charge < -0.3 is 10.0 Å². The van der Waals surface area contributed by atoms with Gasteiger partial charge in [0.25, 0.3) is 0 Å². The van der Waals surface area contributed by atoms with Crippen molar-refractivity contribution in [3.05, 3.63) is 10.6 Å². The summed E-state index contributed by atoms with van der Waals surface area (Å²) in [6, 6.07) is 0. The van der Waals surface area contributed by atoms with E-state index >= 15 is 0 Å². The van der Waals surface area contributed by atoms with Crippen LogP contribution in [0.15, 0.2) is 0 Å². The van der Waals surface area contributed by atoms with Gasteiger partial charge in [-0.1, -0.05) is 24.7 Å². The van der Waals surface area contributed by atoms with E-state index in [9.17, 15) is 4.79 Å². The topological polar surface area (TPSA) is 53.4 Å². The summed E-state index contributed by atoms with van der Waals surface area (Å²) >= 11 is 1.29. The molecule has 0 aliphatic carbocycles. The number of carboxylic acid groups (broad SMARTS) is 1. The molecule has 1 aliphatic rings. The number of aromatic nitrogens is 1. The molecule has 1 aromatic heterocycles. The van der Waals surface area contributed by atoms with Crippen molar-refractivity contribution in [2.24, 2.45) is 5.92 Å². The summed E-state index contributed by atoms with van der Waals surface area (Å²) < 4.78 is 0. The number of carbonyl (C=O) groups is 1. The zero-order valence-electron chi connectivity index (χ0n) is 9.56. The summed E-state index contributed by atoms with van der Waals surface area (Å²) in [5.74, 6) is -0.134. The summed E-state index contributed by atoms with van der Waals surface area (Å²) in [6.07, 6.45) is 2.38. The smallest absolute Gasteiger partial charge is 0.347 e. The molecule has 1 aliphatic heterocycles. The van der Waals surface area contributed by atoms with Gasteiger partial charge in [-0.3, -0.25) is 0 Å². The number of rotatable bonds is 3. The third-order valence-electron chi connectivity index (χ3n) is 3.11. The molecule has 2 heterocycles. The second kappa shape index (κ2) is 4.41. The van der Waals surface area contributed by atoms with Crippen molar-refractivity contribution in [3.63, 3.8) is 0 Å². The number of thiazole rings is 1. The van der Waals surface area contributed by atoms with Crippen molar-refractivity contribution in [2.75, 3.05) is 18.0 Å². The molecule has 88 valence electrons. The lowest BCUT2D eigenvalue weighted by Gasteiger charge is -2.13. The molecule has 0 bridgehead atoms. The van der Waals surface area contributed by atoms with Crippen molar-refractivity contribution in [2.45, 2.75) is 26.7 Å². The maximum absolute atomic E-state index is 10.9. The van der Waals surface area contributed by atoms with Crippen LogP contribution in [0, 0.1) is 12.8 Å². The monoisotopic (exact) mass is 240 g/mol. The molecule has 4 nitrogen and oxygen atoms in total. The van der Waals surface area contributed by atoms with Gasteiger partial charge in [-0.25, -0.2) is 9.78 Å². The van der Waals surface area contributed by atoms with Gasteiger partial charge in [-0.2, -0.15) is 0 Å². The summed E-state index contributed by atoms with van der Waals surface area (Å²) in [5.41, 5.74) is 0.632. The Hall–Kier alpha value is -1.10. The highest BCUT2D eigenvalue weighted by Gasteiger charge is 2.25. The first-order valence-corrected chi connectivity index (χ1v) is 6.39. The van der Waals surface area contributed by atoms with Gasteiger partial charge in [0.15, 0.2) is 5.13 Å². The first kappa shape index (κ1) is 11.4.